The Balaban J connectivity index is 1.63. The molecule has 7 nitrogen and oxygen atoms in total. The number of amides is 1. The van der Waals surface area contributed by atoms with E-state index in [1.165, 1.54) is 18.2 Å². The zero-order valence-corrected chi connectivity index (χ0v) is 15.5. The van der Waals surface area contributed by atoms with E-state index in [9.17, 15) is 14.9 Å². The molecule has 3 rings (SSSR count). The number of non-ortho nitro benzene ring substituents is 1. The van der Waals surface area contributed by atoms with Crippen LogP contribution in [0.2, 0.25) is 0 Å². The molecule has 1 fully saturated rings. The van der Waals surface area contributed by atoms with Gasteiger partial charge in [-0.1, -0.05) is 42.5 Å². The minimum Gasteiger partial charge on any atom is -0.379 e. The quantitative estimate of drug-likeness (QED) is 0.453. The second-order valence-electron chi connectivity index (χ2n) is 6.51. The highest BCUT2D eigenvalue weighted by atomic mass is 16.6. The number of rotatable bonds is 7. The van der Waals surface area contributed by atoms with Crippen LogP contribution in [0.15, 0.2) is 60.7 Å². The fraction of sp³-hybridized carbons (Fsp3) is 0.286. The molecule has 1 heterocycles. The maximum atomic E-state index is 12.3. The Morgan fingerprint density at radius 1 is 1.18 bits per heavy atom. The zero-order chi connectivity index (χ0) is 19.8. The van der Waals surface area contributed by atoms with Gasteiger partial charge < -0.3 is 10.1 Å². The summed E-state index contributed by atoms with van der Waals surface area (Å²) >= 11 is 0. The van der Waals surface area contributed by atoms with E-state index in [-0.39, 0.29) is 17.6 Å². The topological polar surface area (TPSA) is 84.7 Å². The highest BCUT2D eigenvalue weighted by Crippen LogP contribution is 2.21. The van der Waals surface area contributed by atoms with Crippen LogP contribution >= 0.6 is 0 Å². The minimum absolute atomic E-state index is 0.000910. The van der Waals surface area contributed by atoms with Crippen molar-refractivity contribution in [1.29, 1.82) is 0 Å². The Labute approximate surface area is 163 Å². The molecule has 0 unspecified atom stereocenters. The molecule has 7 heteroatoms. The summed E-state index contributed by atoms with van der Waals surface area (Å²) in [5.74, 6) is -0.235. The molecule has 146 valence electrons. The molecule has 1 aliphatic rings. The van der Waals surface area contributed by atoms with Crippen LogP contribution in [-0.4, -0.2) is 48.6 Å². The lowest BCUT2D eigenvalue weighted by Crippen LogP contribution is -2.43. The van der Waals surface area contributed by atoms with Gasteiger partial charge >= 0.3 is 0 Å². The molecule has 1 aliphatic heterocycles. The summed E-state index contributed by atoms with van der Waals surface area (Å²) in [6, 6.07) is 16.3. The fourth-order valence-electron chi connectivity index (χ4n) is 3.19. The summed E-state index contributed by atoms with van der Waals surface area (Å²) in [7, 11) is 0. The molecule has 0 bridgehead atoms. The van der Waals surface area contributed by atoms with Gasteiger partial charge in [-0.3, -0.25) is 19.8 Å². The Bertz CT molecular complexity index is 833. The fourth-order valence-corrected chi connectivity index (χ4v) is 3.19. The molecule has 1 N–H and O–H groups in total. The second kappa shape index (κ2) is 9.77. The van der Waals surface area contributed by atoms with Crippen molar-refractivity contribution in [2.45, 2.75) is 6.04 Å². The normalized spacial score (nSPS) is 16.0. The SMILES string of the molecule is O=C(/C=C/c1cccc([N+](=O)[O-])c1)NC[C@H](c1ccccc1)N1CCOCC1. The van der Waals surface area contributed by atoms with Crippen LogP contribution < -0.4 is 5.32 Å². The zero-order valence-electron chi connectivity index (χ0n) is 15.5. The number of nitrogens with one attached hydrogen (secondary N) is 1. The molecule has 0 spiro atoms. The number of carbonyl (C=O) groups is 1. The number of morpholine rings is 1. The number of hydrogen-bond donors (Lipinski definition) is 1. The minimum atomic E-state index is -0.454. The van der Waals surface area contributed by atoms with Crippen molar-refractivity contribution in [3.05, 3.63) is 81.9 Å². The van der Waals surface area contributed by atoms with E-state index in [1.807, 2.05) is 18.2 Å². The summed E-state index contributed by atoms with van der Waals surface area (Å²) in [5, 5.41) is 13.8. The molecule has 1 amide bonds. The van der Waals surface area contributed by atoms with Gasteiger partial charge in [-0.2, -0.15) is 0 Å². The van der Waals surface area contributed by atoms with Crippen LogP contribution in [0.5, 0.6) is 0 Å². The summed E-state index contributed by atoms with van der Waals surface area (Å²) in [6.45, 7) is 3.48. The number of nitrogens with zero attached hydrogens (tertiary/aromatic N) is 2. The lowest BCUT2D eigenvalue weighted by atomic mass is 10.0. The van der Waals surface area contributed by atoms with E-state index in [1.54, 1.807) is 18.2 Å². The van der Waals surface area contributed by atoms with E-state index in [0.717, 1.165) is 18.7 Å². The first-order chi connectivity index (χ1) is 13.6. The lowest BCUT2D eigenvalue weighted by molar-refractivity contribution is -0.384. The summed E-state index contributed by atoms with van der Waals surface area (Å²) in [5.41, 5.74) is 1.75. The van der Waals surface area contributed by atoms with Gasteiger partial charge in [0.05, 0.1) is 24.2 Å². The van der Waals surface area contributed by atoms with Crippen molar-refractivity contribution < 1.29 is 14.5 Å². The van der Waals surface area contributed by atoms with Gasteiger partial charge in [-0.15, -0.1) is 0 Å². The molecule has 2 aromatic rings. The van der Waals surface area contributed by atoms with Crippen LogP contribution in [0.4, 0.5) is 5.69 Å². The maximum Gasteiger partial charge on any atom is 0.270 e. The third kappa shape index (κ3) is 5.48. The van der Waals surface area contributed by atoms with Gasteiger partial charge in [0, 0.05) is 37.8 Å². The van der Waals surface area contributed by atoms with Crippen LogP contribution in [0.3, 0.4) is 0 Å². The van der Waals surface area contributed by atoms with Gasteiger partial charge in [0.1, 0.15) is 0 Å². The number of nitro benzene ring substituents is 1. The standard InChI is InChI=1S/C21H23N3O4/c25-21(10-9-17-5-4-8-19(15-17)24(26)27)22-16-20(18-6-2-1-3-7-18)23-11-13-28-14-12-23/h1-10,15,20H,11-14,16H2,(H,22,25)/b10-9+/t20-/m1/s1. The highest BCUT2D eigenvalue weighted by molar-refractivity contribution is 5.91. The predicted octanol–water partition coefficient (Wildman–Crippen LogP) is 2.80. The van der Waals surface area contributed by atoms with Crippen molar-refractivity contribution >= 4 is 17.7 Å². The first-order valence-electron chi connectivity index (χ1n) is 9.20. The highest BCUT2D eigenvalue weighted by Gasteiger charge is 2.22. The van der Waals surface area contributed by atoms with E-state index in [4.69, 9.17) is 4.74 Å². The average Bonchev–Trinajstić information content (AvgIpc) is 2.74. The summed E-state index contributed by atoms with van der Waals surface area (Å²) in [6.07, 6.45) is 2.98. The van der Waals surface area contributed by atoms with Crippen LogP contribution in [0, 0.1) is 10.1 Å². The van der Waals surface area contributed by atoms with Gasteiger partial charge in [-0.25, -0.2) is 0 Å². The average molecular weight is 381 g/mol. The van der Waals surface area contributed by atoms with Gasteiger partial charge in [0.15, 0.2) is 0 Å². The second-order valence-corrected chi connectivity index (χ2v) is 6.51. The molecule has 2 aromatic carbocycles. The Morgan fingerprint density at radius 2 is 1.93 bits per heavy atom. The van der Waals surface area contributed by atoms with E-state index < -0.39 is 4.92 Å². The smallest absolute Gasteiger partial charge is 0.270 e. The van der Waals surface area contributed by atoms with E-state index in [0.29, 0.717) is 25.3 Å². The third-order valence-corrected chi connectivity index (χ3v) is 4.65. The number of benzene rings is 2. The van der Waals surface area contributed by atoms with Crippen molar-refractivity contribution in [3.63, 3.8) is 0 Å². The molecule has 1 saturated heterocycles. The molecule has 28 heavy (non-hydrogen) atoms. The van der Waals surface area contributed by atoms with Crippen molar-refractivity contribution in [3.8, 4) is 0 Å². The number of nitro groups is 1. The van der Waals surface area contributed by atoms with Gasteiger partial charge in [0.25, 0.3) is 5.69 Å². The largest absolute Gasteiger partial charge is 0.379 e. The maximum absolute atomic E-state index is 12.3. The van der Waals surface area contributed by atoms with E-state index >= 15 is 0 Å². The monoisotopic (exact) mass is 381 g/mol. The Hall–Kier alpha value is -3.03. The predicted molar refractivity (Wildman–Crippen MR) is 107 cm³/mol. The summed E-state index contributed by atoms with van der Waals surface area (Å²) < 4.78 is 5.44. The number of ether oxygens (including phenoxy) is 1. The Kier molecular flexibility index (Phi) is 6.89. The molecule has 0 aliphatic carbocycles. The summed E-state index contributed by atoms with van der Waals surface area (Å²) in [4.78, 5) is 25.0. The van der Waals surface area contributed by atoms with Crippen molar-refractivity contribution in [2.75, 3.05) is 32.8 Å². The van der Waals surface area contributed by atoms with Crippen molar-refractivity contribution in [1.82, 2.24) is 10.2 Å². The van der Waals surface area contributed by atoms with E-state index in [2.05, 4.69) is 22.3 Å². The molecule has 0 aromatic heterocycles. The number of hydrogen-bond acceptors (Lipinski definition) is 5. The van der Waals surface area contributed by atoms with Crippen LogP contribution in [-0.2, 0) is 9.53 Å². The van der Waals surface area contributed by atoms with Gasteiger partial charge in [-0.05, 0) is 17.2 Å². The third-order valence-electron chi connectivity index (χ3n) is 4.65. The number of carbonyl (C=O) groups excluding carboxylic acids is 1. The molecular formula is C21H23N3O4. The molecule has 0 saturated carbocycles. The molecular weight excluding hydrogens is 358 g/mol. The van der Waals surface area contributed by atoms with Crippen LogP contribution in [0.1, 0.15) is 17.2 Å². The molecule has 1 atom stereocenters. The van der Waals surface area contributed by atoms with Crippen LogP contribution in [0.25, 0.3) is 6.08 Å². The first-order valence-corrected chi connectivity index (χ1v) is 9.20. The first kappa shape index (κ1) is 19.7. The van der Waals surface area contributed by atoms with Crippen molar-refractivity contribution in [2.24, 2.45) is 0 Å². The Morgan fingerprint density at radius 3 is 2.64 bits per heavy atom. The van der Waals surface area contributed by atoms with Gasteiger partial charge in [0.2, 0.25) is 5.91 Å². The lowest BCUT2D eigenvalue weighted by Gasteiger charge is -2.34. The molecule has 0 radical (unpaired) electrons.